The molecule has 38 heavy (non-hydrogen) atoms. The summed E-state index contributed by atoms with van der Waals surface area (Å²) in [6.45, 7) is 9.24. The summed E-state index contributed by atoms with van der Waals surface area (Å²) in [5, 5.41) is 5.83. The number of carbonyl (C=O) groups is 4. The molecule has 0 aromatic carbocycles. The normalized spacial score (nSPS) is 35.1. The van der Waals surface area contributed by atoms with Crippen molar-refractivity contribution in [3.63, 3.8) is 0 Å². The van der Waals surface area contributed by atoms with Gasteiger partial charge in [-0.1, -0.05) is 25.0 Å². The van der Waals surface area contributed by atoms with Crippen LogP contribution in [0.25, 0.3) is 0 Å². The van der Waals surface area contributed by atoms with Crippen molar-refractivity contribution in [1.82, 2.24) is 20.4 Å². The zero-order valence-corrected chi connectivity index (χ0v) is 23.5. The van der Waals surface area contributed by atoms with Gasteiger partial charge in [-0.3, -0.25) is 9.59 Å². The van der Waals surface area contributed by atoms with Crippen molar-refractivity contribution in [2.24, 2.45) is 17.8 Å². The number of alkyl carbamates (subject to hydrolysis) is 1. The molecule has 0 unspecified atom stereocenters. The molecule has 0 aromatic heterocycles. The fourth-order valence-electron chi connectivity index (χ4n) is 6.29. The lowest BCUT2D eigenvalue weighted by Gasteiger charge is -2.32. The summed E-state index contributed by atoms with van der Waals surface area (Å²) in [5.74, 6) is -1.03. The molecule has 0 spiro atoms. The Balaban J connectivity index is 1.63. The van der Waals surface area contributed by atoms with Crippen LogP contribution < -0.4 is 10.6 Å². The molecule has 4 rings (SSSR count). The van der Waals surface area contributed by atoms with Gasteiger partial charge < -0.3 is 29.9 Å². The molecule has 0 aromatic rings. The molecule has 1 aliphatic carbocycles. The second-order valence-electron chi connectivity index (χ2n) is 12.3. The predicted molar refractivity (Wildman–Crippen MR) is 141 cm³/mol. The number of esters is 1. The maximum Gasteiger partial charge on any atom is 0.408 e. The van der Waals surface area contributed by atoms with E-state index >= 15 is 0 Å². The molecular weight excluding hydrogens is 488 g/mol. The number of likely N-dealkylation sites (tertiary alicyclic amines) is 1. The van der Waals surface area contributed by atoms with Crippen molar-refractivity contribution in [3.8, 4) is 0 Å². The van der Waals surface area contributed by atoms with E-state index in [0.29, 0.717) is 25.9 Å². The average molecular weight is 533 g/mol. The molecule has 2 N–H and O–H groups in total. The third-order valence-corrected chi connectivity index (χ3v) is 8.12. The van der Waals surface area contributed by atoms with Gasteiger partial charge in [0, 0.05) is 31.5 Å². The summed E-state index contributed by atoms with van der Waals surface area (Å²) in [6, 6.07) is -1.51. The summed E-state index contributed by atoms with van der Waals surface area (Å²) >= 11 is 0. The first-order valence-corrected chi connectivity index (χ1v) is 14.1. The Hall–Kier alpha value is -2.62. The summed E-state index contributed by atoms with van der Waals surface area (Å²) in [5.41, 5.74) is -1.78. The molecule has 2 saturated heterocycles. The number of hydrogen-bond acceptors (Lipinski definition) is 7. The van der Waals surface area contributed by atoms with Crippen molar-refractivity contribution in [3.05, 3.63) is 12.2 Å². The lowest BCUT2D eigenvalue weighted by atomic mass is 9.93. The van der Waals surface area contributed by atoms with Crippen molar-refractivity contribution >= 4 is 23.9 Å². The molecule has 10 nitrogen and oxygen atoms in total. The molecule has 0 bridgehead atoms. The highest BCUT2D eigenvalue weighted by molar-refractivity contribution is 5.96. The summed E-state index contributed by atoms with van der Waals surface area (Å²) in [7, 11) is 2.02. The van der Waals surface area contributed by atoms with Gasteiger partial charge in [0.05, 0.1) is 6.61 Å². The minimum absolute atomic E-state index is 0.0474. The maximum absolute atomic E-state index is 14.0. The first-order valence-electron chi connectivity index (χ1n) is 14.1. The molecule has 3 amide bonds. The van der Waals surface area contributed by atoms with Gasteiger partial charge in [-0.15, -0.1) is 0 Å². The van der Waals surface area contributed by atoms with Crippen LogP contribution in [0.4, 0.5) is 4.79 Å². The zero-order valence-electron chi connectivity index (χ0n) is 23.5. The third kappa shape index (κ3) is 6.16. The van der Waals surface area contributed by atoms with Gasteiger partial charge in [0.25, 0.3) is 0 Å². The lowest BCUT2D eigenvalue weighted by molar-refractivity contribution is -0.150. The fraction of sp³-hybridized carbons (Fsp3) is 0.786. The predicted octanol–water partition coefficient (Wildman–Crippen LogP) is 2.23. The van der Waals surface area contributed by atoms with E-state index in [2.05, 4.69) is 21.6 Å². The topological polar surface area (TPSA) is 117 Å². The zero-order chi connectivity index (χ0) is 27.7. The highest BCUT2D eigenvalue weighted by atomic mass is 16.6. The van der Waals surface area contributed by atoms with E-state index in [0.717, 1.165) is 32.2 Å². The van der Waals surface area contributed by atoms with E-state index in [-0.39, 0.29) is 36.2 Å². The van der Waals surface area contributed by atoms with Gasteiger partial charge in [-0.25, -0.2) is 9.59 Å². The van der Waals surface area contributed by atoms with Crippen LogP contribution in [0.2, 0.25) is 0 Å². The van der Waals surface area contributed by atoms with Crippen LogP contribution in [-0.4, -0.2) is 90.2 Å². The molecular formula is C28H44N4O6. The quantitative estimate of drug-likeness (QED) is 0.423. The second-order valence-corrected chi connectivity index (χ2v) is 12.3. The molecule has 3 aliphatic heterocycles. The Bertz CT molecular complexity index is 961. The fourth-order valence-corrected chi connectivity index (χ4v) is 6.29. The van der Waals surface area contributed by atoms with E-state index in [1.54, 1.807) is 32.6 Å². The van der Waals surface area contributed by atoms with Crippen LogP contribution in [-0.2, 0) is 23.9 Å². The minimum atomic E-state index is -1.09. The number of nitrogens with one attached hydrogen (secondary N) is 2. The average Bonchev–Trinajstić information content (AvgIpc) is 3.21. The number of hydrogen-bond donors (Lipinski definition) is 2. The van der Waals surface area contributed by atoms with Crippen molar-refractivity contribution in [1.29, 1.82) is 0 Å². The maximum atomic E-state index is 14.0. The van der Waals surface area contributed by atoms with Crippen LogP contribution >= 0.6 is 0 Å². The summed E-state index contributed by atoms with van der Waals surface area (Å²) in [6.07, 6.45) is 7.84. The van der Waals surface area contributed by atoms with Crippen molar-refractivity contribution < 1.29 is 28.7 Å². The number of fused-ring (bicyclic) bond motifs is 4. The number of carbonyl (C=O) groups excluding carboxylic acids is 4. The van der Waals surface area contributed by atoms with E-state index in [1.807, 2.05) is 13.1 Å². The molecule has 1 saturated carbocycles. The summed E-state index contributed by atoms with van der Waals surface area (Å²) < 4.78 is 10.8. The number of nitrogens with zero attached hydrogens (tertiary/aromatic N) is 2. The van der Waals surface area contributed by atoms with Crippen molar-refractivity contribution in [2.75, 3.05) is 33.3 Å². The second kappa shape index (κ2) is 11.2. The van der Waals surface area contributed by atoms with Crippen LogP contribution in [0.5, 0.6) is 0 Å². The van der Waals surface area contributed by atoms with Crippen LogP contribution in [0.1, 0.15) is 66.2 Å². The standard InChI is InChI=1S/C28H44N4O6/c1-6-37-25(35)28-14-19(28)12-10-8-7-9-11-13-21(29-26(36)38-27(2,3)4)24(34)32-16-18-15-31(5)17-20(18)22(32)23(33)30-28/h10,12,18-22H,6-9,11,13-17H2,1-5H3,(H,29,36)(H,30,33)/b12-10-/t18-,19+,20-,21-,22-,28+/m0/s1. The van der Waals surface area contributed by atoms with Gasteiger partial charge in [-0.2, -0.15) is 0 Å². The Morgan fingerprint density at radius 1 is 1.16 bits per heavy atom. The molecule has 6 atom stereocenters. The van der Waals surface area contributed by atoms with E-state index in [9.17, 15) is 19.2 Å². The van der Waals surface area contributed by atoms with Gasteiger partial charge in [0.15, 0.2) is 0 Å². The van der Waals surface area contributed by atoms with Crippen LogP contribution in [0.15, 0.2) is 12.2 Å². The number of rotatable bonds is 3. The highest BCUT2D eigenvalue weighted by Gasteiger charge is 2.63. The number of amides is 3. The largest absolute Gasteiger partial charge is 0.464 e. The molecule has 10 heteroatoms. The SMILES string of the molecule is CCOC(=O)[C@@]12C[C@H]1/C=C\CCCCC[C@H](NC(=O)OC(C)(C)C)C(=O)N1C[C@@H]3CN(C)C[C@@H]3[C@H]1C(=O)N2. The molecule has 212 valence electrons. The Kier molecular flexibility index (Phi) is 8.40. The van der Waals surface area contributed by atoms with Gasteiger partial charge in [0.2, 0.25) is 11.8 Å². The smallest absolute Gasteiger partial charge is 0.408 e. The van der Waals surface area contributed by atoms with E-state index < -0.39 is 35.3 Å². The molecule has 3 fully saturated rings. The van der Waals surface area contributed by atoms with Crippen LogP contribution in [0, 0.1) is 17.8 Å². The van der Waals surface area contributed by atoms with Gasteiger partial charge in [-0.05, 0) is 66.3 Å². The lowest BCUT2D eigenvalue weighted by Crippen LogP contribution is -2.58. The molecule has 3 heterocycles. The Labute approximate surface area is 225 Å². The first-order chi connectivity index (χ1) is 17.9. The highest BCUT2D eigenvalue weighted by Crippen LogP contribution is 2.47. The van der Waals surface area contributed by atoms with E-state index in [1.165, 1.54) is 0 Å². The molecule has 0 radical (unpaired) electrons. The van der Waals surface area contributed by atoms with Crippen LogP contribution in [0.3, 0.4) is 0 Å². The Morgan fingerprint density at radius 3 is 2.63 bits per heavy atom. The van der Waals surface area contributed by atoms with E-state index in [4.69, 9.17) is 9.47 Å². The molecule has 4 aliphatic rings. The number of ether oxygens (including phenoxy) is 2. The van der Waals surface area contributed by atoms with Crippen molar-refractivity contribution in [2.45, 2.75) is 89.4 Å². The van der Waals surface area contributed by atoms with Gasteiger partial charge in [0.1, 0.15) is 23.2 Å². The Morgan fingerprint density at radius 2 is 1.92 bits per heavy atom. The minimum Gasteiger partial charge on any atom is -0.464 e. The number of allylic oxidation sites excluding steroid dienone is 1. The third-order valence-electron chi connectivity index (χ3n) is 8.12. The van der Waals surface area contributed by atoms with Gasteiger partial charge >= 0.3 is 12.1 Å². The monoisotopic (exact) mass is 532 g/mol. The summed E-state index contributed by atoms with van der Waals surface area (Å²) in [4.78, 5) is 57.4. The first kappa shape index (κ1) is 28.4.